The average molecular weight is 308 g/mol. The minimum Gasteiger partial charge on any atom is -0.444 e. The Balaban J connectivity index is 1.79. The first-order chi connectivity index (χ1) is 10.3. The van der Waals surface area contributed by atoms with Gasteiger partial charge in [-0.25, -0.2) is 4.79 Å². The highest BCUT2D eigenvalue weighted by atomic mass is 16.6. The maximum absolute atomic E-state index is 12.1. The van der Waals surface area contributed by atoms with Gasteiger partial charge in [-0.2, -0.15) is 0 Å². The van der Waals surface area contributed by atoms with E-state index >= 15 is 0 Å². The van der Waals surface area contributed by atoms with E-state index in [1.54, 1.807) is 0 Å². The number of hydrogen-bond acceptors (Lipinski definition) is 3. The Morgan fingerprint density at radius 1 is 1.50 bits per heavy atom. The normalized spacial score (nSPS) is 20.7. The van der Waals surface area contributed by atoms with Crippen LogP contribution in [0.2, 0.25) is 0 Å². The van der Waals surface area contributed by atoms with Crippen LogP contribution in [0.25, 0.3) is 0 Å². The third-order valence-corrected chi connectivity index (χ3v) is 3.81. The van der Waals surface area contributed by atoms with E-state index in [2.05, 4.69) is 4.98 Å². The van der Waals surface area contributed by atoms with Crippen molar-refractivity contribution in [3.8, 4) is 0 Å². The third-order valence-electron chi connectivity index (χ3n) is 3.81. The molecule has 1 aromatic heterocycles. The van der Waals surface area contributed by atoms with Crippen molar-refractivity contribution in [3.63, 3.8) is 0 Å². The number of aromatic amines is 1. The highest BCUT2D eigenvalue weighted by molar-refractivity contribution is 5.68. The van der Waals surface area contributed by atoms with Gasteiger partial charge in [-0.05, 0) is 52.7 Å². The molecule has 0 spiro atoms. The van der Waals surface area contributed by atoms with Crippen molar-refractivity contribution >= 4 is 6.09 Å². The summed E-state index contributed by atoms with van der Waals surface area (Å²) in [7, 11) is 0. The minimum absolute atomic E-state index is 0.0481. The van der Waals surface area contributed by atoms with Gasteiger partial charge in [-0.15, -0.1) is 0 Å². The van der Waals surface area contributed by atoms with Crippen LogP contribution in [0.3, 0.4) is 0 Å². The number of nitrogens with zero attached hydrogens (tertiary/aromatic N) is 1. The number of piperidine rings is 1. The van der Waals surface area contributed by atoms with Gasteiger partial charge in [-0.3, -0.25) is 0 Å². The van der Waals surface area contributed by atoms with E-state index < -0.39 is 5.60 Å². The van der Waals surface area contributed by atoms with E-state index in [1.807, 2.05) is 50.9 Å². The molecule has 5 nitrogen and oxygen atoms in total. The molecule has 2 heterocycles. The van der Waals surface area contributed by atoms with E-state index in [4.69, 9.17) is 9.47 Å². The molecule has 0 unspecified atom stereocenters. The van der Waals surface area contributed by atoms with Crippen LogP contribution in [0.15, 0.2) is 18.3 Å². The van der Waals surface area contributed by atoms with Crippen molar-refractivity contribution in [1.82, 2.24) is 9.88 Å². The SMILES string of the molecule is C[C@H](OC[C@@H]1CCCN(C(=O)OC(C)(C)C)C1)c1ccc[nH]1. The smallest absolute Gasteiger partial charge is 0.410 e. The zero-order valence-electron chi connectivity index (χ0n) is 14.1. The summed E-state index contributed by atoms with van der Waals surface area (Å²) < 4.78 is 11.4. The van der Waals surface area contributed by atoms with Crippen molar-refractivity contribution in [3.05, 3.63) is 24.0 Å². The highest BCUT2D eigenvalue weighted by Crippen LogP contribution is 2.22. The lowest BCUT2D eigenvalue weighted by molar-refractivity contribution is -0.00452. The highest BCUT2D eigenvalue weighted by Gasteiger charge is 2.28. The van der Waals surface area contributed by atoms with Gasteiger partial charge < -0.3 is 19.4 Å². The fourth-order valence-electron chi connectivity index (χ4n) is 2.66. The van der Waals surface area contributed by atoms with Crippen LogP contribution in [-0.2, 0) is 9.47 Å². The molecular formula is C17H28N2O3. The lowest BCUT2D eigenvalue weighted by atomic mass is 9.99. The number of hydrogen-bond donors (Lipinski definition) is 1. The number of likely N-dealkylation sites (tertiary alicyclic amines) is 1. The Kier molecular flexibility index (Phi) is 5.51. The molecule has 0 saturated carbocycles. The van der Waals surface area contributed by atoms with Crippen LogP contribution in [0, 0.1) is 5.92 Å². The summed E-state index contributed by atoms with van der Waals surface area (Å²) in [5.41, 5.74) is 0.641. The number of nitrogens with one attached hydrogen (secondary N) is 1. The first-order valence-electron chi connectivity index (χ1n) is 8.08. The fourth-order valence-corrected chi connectivity index (χ4v) is 2.66. The zero-order valence-corrected chi connectivity index (χ0v) is 14.1. The van der Waals surface area contributed by atoms with Crippen LogP contribution in [0.1, 0.15) is 52.3 Å². The maximum Gasteiger partial charge on any atom is 0.410 e. The molecule has 1 fully saturated rings. The van der Waals surface area contributed by atoms with Crippen LogP contribution in [0.5, 0.6) is 0 Å². The van der Waals surface area contributed by atoms with Gasteiger partial charge in [0.15, 0.2) is 0 Å². The Labute approximate surface area is 133 Å². The second kappa shape index (κ2) is 7.18. The van der Waals surface area contributed by atoms with Crippen molar-refractivity contribution in [2.45, 2.75) is 52.2 Å². The van der Waals surface area contributed by atoms with Crippen LogP contribution in [-0.4, -0.2) is 41.3 Å². The molecule has 124 valence electrons. The predicted octanol–water partition coefficient (Wildman–Crippen LogP) is 3.74. The Morgan fingerprint density at radius 2 is 2.27 bits per heavy atom. The predicted molar refractivity (Wildman–Crippen MR) is 85.7 cm³/mol. The molecule has 0 aliphatic carbocycles. The molecule has 1 saturated heterocycles. The molecule has 0 bridgehead atoms. The van der Waals surface area contributed by atoms with Gasteiger partial charge in [0, 0.05) is 30.9 Å². The van der Waals surface area contributed by atoms with E-state index in [9.17, 15) is 4.79 Å². The number of carbonyl (C=O) groups is 1. The molecule has 1 N–H and O–H groups in total. The number of rotatable bonds is 4. The van der Waals surface area contributed by atoms with Crippen LogP contribution in [0.4, 0.5) is 4.79 Å². The molecule has 1 aliphatic heterocycles. The Bertz CT molecular complexity index is 465. The lowest BCUT2D eigenvalue weighted by Gasteiger charge is -2.34. The van der Waals surface area contributed by atoms with Crippen LogP contribution < -0.4 is 0 Å². The summed E-state index contributed by atoms with van der Waals surface area (Å²) >= 11 is 0. The summed E-state index contributed by atoms with van der Waals surface area (Å²) in [6.07, 6.45) is 3.84. The lowest BCUT2D eigenvalue weighted by Crippen LogP contribution is -2.43. The summed E-state index contributed by atoms with van der Waals surface area (Å²) in [4.78, 5) is 17.1. The Morgan fingerprint density at radius 3 is 2.91 bits per heavy atom. The topological polar surface area (TPSA) is 54.6 Å². The van der Waals surface area contributed by atoms with Crippen molar-refractivity contribution in [1.29, 1.82) is 0 Å². The van der Waals surface area contributed by atoms with Crippen molar-refractivity contribution < 1.29 is 14.3 Å². The van der Waals surface area contributed by atoms with Gasteiger partial charge in [-0.1, -0.05) is 0 Å². The summed E-state index contributed by atoms with van der Waals surface area (Å²) in [5, 5.41) is 0. The summed E-state index contributed by atoms with van der Waals surface area (Å²) in [5.74, 6) is 0.374. The van der Waals surface area contributed by atoms with Gasteiger partial charge in [0.1, 0.15) is 5.60 Å². The standard InChI is InChI=1S/C17H28N2O3/c1-13(15-8-5-9-18-15)21-12-14-7-6-10-19(11-14)16(20)22-17(2,3)4/h5,8-9,13-14,18H,6-7,10-12H2,1-4H3/t13-,14+/m0/s1. The molecule has 5 heteroatoms. The largest absolute Gasteiger partial charge is 0.444 e. The van der Waals surface area contributed by atoms with E-state index in [1.165, 1.54) is 0 Å². The molecule has 2 rings (SSSR count). The number of aromatic nitrogens is 1. The molecule has 0 radical (unpaired) electrons. The first kappa shape index (κ1) is 16.9. The van der Waals surface area contributed by atoms with Crippen molar-refractivity contribution in [2.75, 3.05) is 19.7 Å². The van der Waals surface area contributed by atoms with E-state index in [-0.39, 0.29) is 12.2 Å². The first-order valence-corrected chi connectivity index (χ1v) is 8.08. The summed E-state index contributed by atoms with van der Waals surface area (Å²) in [6.45, 7) is 9.89. The molecule has 1 amide bonds. The molecule has 0 aromatic carbocycles. The second-order valence-electron chi connectivity index (χ2n) is 7.04. The molecule has 1 aromatic rings. The average Bonchev–Trinajstić information content (AvgIpc) is 2.97. The van der Waals surface area contributed by atoms with Gasteiger partial charge in [0.05, 0.1) is 12.7 Å². The molecule has 22 heavy (non-hydrogen) atoms. The number of H-pyrrole nitrogens is 1. The van der Waals surface area contributed by atoms with Crippen molar-refractivity contribution in [2.24, 2.45) is 5.92 Å². The summed E-state index contributed by atoms with van der Waals surface area (Å²) in [6, 6.07) is 4.00. The van der Waals surface area contributed by atoms with Gasteiger partial charge in [0.25, 0.3) is 0 Å². The van der Waals surface area contributed by atoms with Gasteiger partial charge >= 0.3 is 6.09 Å². The third kappa shape index (κ3) is 5.05. The zero-order chi connectivity index (χ0) is 16.2. The monoisotopic (exact) mass is 308 g/mol. The number of ether oxygens (including phenoxy) is 2. The van der Waals surface area contributed by atoms with E-state index in [0.29, 0.717) is 19.1 Å². The molecule has 2 atom stereocenters. The molecular weight excluding hydrogens is 280 g/mol. The Hall–Kier alpha value is -1.49. The number of carbonyl (C=O) groups excluding carboxylic acids is 1. The maximum atomic E-state index is 12.1. The van der Waals surface area contributed by atoms with Gasteiger partial charge in [0.2, 0.25) is 0 Å². The number of amides is 1. The fraction of sp³-hybridized carbons (Fsp3) is 0.706. The quantitative estimate of drug-likeness (QED) is 0.922. The molecule has 1 aliphatic rings. The van der Waals surface area contributed by atoms with E-state index in [0.717, 1.165) is 25.1 Å². The second-order valence-corrected chi connectivity index (χ2v) is 7.04. The van der Waals surface area contributed by atoms with Crippen LogP contribution >= 0.6 is 0 Å². The minimum atomic E-state index is -0.442.